The molecular weight excluding hydrogens is 343 g/mol. The van der Waals surface area contributed by atoms with Gasteiger partial charge in [0.15, 0.2) is 0 Å². The molecule has 3 rings (SSSR count). The second-order valence-electron chi connectivity index (χ2n) is 6.17. The van der Waals surface area contributed by atoms with E-state index in [-0.39, 0.29) is 34.3 Å². The van der Waals surface area contributed by atoms with Crippen molar-refractivity contribution in [3.8, 4) is 0 Å². The summed E-state index contributed by atoms with van der Waals surface area (Å²) in [6.07, 6.45) is 1.68. The number of nitrogens with one attached hydrogen (secondary N) is 2. The molecule has 25 heavy (non-hydrogen) atoms. The van der Waals surface area contributed by atoms with E-state index in [2.05, 4.69) is 10.0 Å². The standard InChI is InChI=1S/C18H19FN2O3S/c1-12(13-5-7-15(19)8-6-13)20-18(22)14-3-2-4-17(11-14)25(23,24)21-16-9-10-16/h2-8,11-12,16,21H,9-10H2,1H3,(H,20,22)/t12-/m0/s1. The quantitative estimate of drug-likeness (QED) is 0.830. The first kappa shape index (κ1) is 17.6. The summed E-state index contributed by atoms with van der Waals surface area (Å²) in [5.41, 5.74) is 1.02. The molecule has 0 bridgehead atoms. The predicted molar refractivity (Wildman–Crippen MR) is 92.1 cm³/mol. The number of carbonyl (C=O) groups is 1. The molecule has 0 aliphatic heterocycles. The summed E-state index contributed by atoms with van der Waals surface area (Å²) >= 11 is 0. The lowest BCUT2D eigenvalue weighted by molar-refractivity contribution is 0.0939. The minimum Gasteiger partial charge on any atom is -0.346 e. The third-order valence-corrected chi connectivity index (χ3v) is 5.54. The number of sulfonamides is 1. The molecule has 1 amide bonds. The molecule has 2 aromatic rings. The molecule has 0 aromatic heterocycles. The van der Waals surface area contributed by atoms with Crippen molar-refractivity contribution in [3.05, 3.63) is 65.5 Å². The topological polar surface area (TPSA) is 75.3 Å². The van der Waals surface area contributed by atoms with E-state index in [0.29, 0.717) is 0 Å². The highest BCUT2D eigenvalue weighted by Crippen LogP contribution is 2.22. The Balaban J connectivity index is 1.73. The lowest BCUT2D eigenvalue weighted by Crippen LogP contribution is -2.28. The lowest BCUT2D eigenvalue weighted by Gasteiger charge is -2.15. The maximum absolute atomic E-state index is 13.0. The second-order valence-corrected chi connectivity index (χ2v) is 7.88. The Bertz CT molecular complexity index is 877. The fourth-order valence-corrected chi connectivity index (χ4v) is 3.76. The Kier molecular flexibility index (Phi) is 4.87. The van der Waals surface area contributed by atoms with Crippen LogP contribution in [0.2, 0.25) is 0 Å². The molecule has 1 aliphatic carbocycles. The normalized spacial score (nSPS) is 15.6. The summed E-state index contributed by atoms with van der Waals surface area (Å²) in [5.74, 6) is -0.733. The Morgan fingerprint density at radius 3 is 2.48 bits per heavy atom. The van der Waals surface area contributed by atoms with Gasteiger partial charge in [-0.3, -0.25) is 4.79 Å². The van der Waals surface area contributed by atoms with Gasteiger partial charge < -0.3 is 5.32 Å². The Morgan fingerprint density at radius 1 is 1.16 bits per heavy atom. The van der Waals surface area contributed by atoms with E-state index < -0.39 is 10.0 Å². The number of amides is 1. The molecule has 132 valence electrons. The smallest absolute Gasteiger partial charge is 0.251 e. The van der Waals surface area contributed by atoms with Crippen molar-refractivity contribution in [1.82, 2.24) is 10.0 Å². The lowest BCUT2D eigenvalue weighted by atomic mass is 10.1. The van der Waals surface area contributed by atoms with Crippen molar-refractivity contribution in [3.63, 3.8) is 0 Å². The zero-order chi connectivity index (χ0) is 18.0. The first-order chi connectivity index (χ1) is 11.8. The number of carbonyl (C=O) groups excluding carboxylic acids is 1. The van der Waals surface area contributed by atoms with Gasteiger partial charge in [-0.25, -0.2) is 17.5 Å². The van der Waals surface area contributed by atoms with Crippen LogP contribution in [0.25, 0.3) is 0 Å². The van der Waals surface area contributed by atoms with Gasteiger partial charge in [-0.05, 0) is 55.7 Å². The molecule has 1 fully saturated rings. The van der Waals surface area contributed by atoms with E-state index in [0.717, 1.165) is 18.4 Å². The Labute approximate surface area is 146 Å². The van der Waals surface area contributed by atoms with Crippen LogP contribution in [0.1, 0.15) is 41.7 Å². The predicted octanol–water partition coefficient (Wildman–Crippen LogP) is 2.76. The first-order valence-electron chi connectivity index (χ1n) is 8.04. The van der Waals surface area contributed by atoms with Crippen LogP contribution in [-0.4, -0.2) is 20.4 Å². The monoisotopic (exact) mass is 362 g/mol. The van der Waals surface area contributed by atoms with E-state index in [1.807, 2.05) is 0 Å². The summed E-state index contributed by atoms with van der Waals surface area (Å²) in [7, 11) is -3.61. The van der Waals surface area contributed by atoms with Gasteiger partial charge in [0, 0.05) is 11.6 Å². The van der Waals surface area contributed by atoms with E-state index in [1.165, 1.54) is 24.3 Å². The van der Waals surface area contributed by atoms with Crippen LogP contribution in [0.4, 0.5) is 4.39 Å². The van der Waals surface area contributed by atoms with E-state index in [4.69, 9.17) is 0 Å². The first-order valence-corrected chi connectivity index (χ1v) is 9.52. The Morgan fingerprint density at radius 2 is 1.84 bits per heavy atom. The van der Waals surface area contributed by atoms with Gasteiger partial charge in [0.2, 0.25) is 10.0 Å². The zero-order valence-corrected chi connectivity index (χ0v) is 14.5. The van der Waals surface area contributed by atoms with Crippen LogP contribution in [0.3, 0.4) is 0 Å². The van der Waals surface area contributed by atoms with Crippen molar-refractivity contribution in [2.75, 3.05) is 0 Å². The number of benzene rings is 2. The molecule has 2 N–H and O–H groups in total. The van der Waals surface area contributed by atoms with Crippen LogP contribution in [0, 0.1) is 5.82 Å². The van der Waals surface area contributed by atoms with E-state index in [9.17, 15) is 17.6 Å². The van der Waals surface area contributed by atoms with E-state index in [1.54, 1.807) is 31.2 Å². The molecule has 0 saturated heterocycles. The summed E-state index contributed by atoms with van der Waals surface area (Å²) in [4.78, 5) is 12.5. The molecular formula is C18H19FN2O3S. The van der Waals surface area contributed by atoms with Crippen molar-refractivity contribution in [2.24, 2.45) is 0 Å². The minimum absolute atomic E-state index is 0.000908. The molecule has 2 aromatic carbocycles. The summed E-state index contributed by atoms with van der Waals surface area (Å²) in [5, 5.41) is 2.79. The number of hydrogen-bond donors (Lipinski definition) is 2. The van der Waals surface area contributed by atoms with Crippen molar-refractivity contribution in [2.45, 2.75) is 36.7 Å². The fourth-order valence-electron chi connectivity index (χ4n) is 2.41. The number of rotatable bonds is 6. The zero-order valence-electron chi connectivity index (χ0n) is 13.7. The molecule has 1 saturated carbocycles. The van der Waals surface area contributed by atoms with Gasteiger partial charge in [0.1, 0.15) is 5.82 Å². The highest BCUT2D eigenvalue weighted by Gasteiger charge is 2.28. The highest BCUT2D eigenvalue weighted by molar-refractivity contribution is 7.89. The third kappa shape index (κ3) is 4.43. The number of hydrogen-bond acceptors (Lipinski definition) is 3. The largest absolute Gasteiger partial charge is 0.346 e. The molecule has 0 spiro atoms. The van der Waals surface area contributed by atoms with E-state index >= 15 is 0 Å². The van der Waals surface area contributed by atoms with Crippen LogP contribution < -0.4 is 10.0 Å². The van der Waals surface area contributed by atoms with Crippen molar-refractivity contribution in [1.29, 1.82) is 0 Å². The van der Waals surface area contributed by atoms with Crippen LogP contribution in [-0.2, 0) is 10.0 Å². The van der Waals surface area contributed by atoms with Gasteiger partial charge in [-0.1, -0.05) is 18.2 Å². The molecule has 5 nitrogen and oxygen atoms in total. The molecule has 1 aliphatic rings. The maximum Gasteiger partial charge on any atom is 0.251 e. The molecule has 0 heterocycles. The average molecular weight is 362 g/mol. The van der Waals surface area contributed by atoms with Gasteiger partial charge in [0.05, 0.1) is 10.9 Å². The van der Waals surface area contributed by atoms with Gasteiger partial charge in [-0.15, -0.1) is 0 Å². The minimum atomic E-state index is -3.61. The highest BCUT2D eigenvalue weighted by atomic mass is 32.2. The van der Waals surface area contributed by atoms with Crippen LogP contribution in [0.5, 0.6) is 0 Å². The van der Waals surface area contributed by atoms with Gasteiger partial charge >= 0.3 is 0 Å². The van der Waals surface area contributed by atoms with Crippen LogP contribution in [0.15, 0.2) is 53.4 Å². The van der Waals surface area contributed by atoms with Crippen molar-refractivity contribution >= 4 is 15.9 Å². The average Bonchev–Trinajstić information content (AvgIpc) is 3.39. The summed E-state index contributed by atoms with van der Waals surface area (Å²) < 4.78 is 40.1. The molecule has 7 heteroatoms. The molecule has 1 atom stereocenters. The maximum atomic E-state index is 13.0. The fraction of sp³-hybridized carbons (Fsp3) is 0.278. The van der Waals surface area contributed by atoms with Crippen LogP contribution >= 0.6 is 0 Å². The molecule has 0 radical (unpaired) electrons. The molecule has 0 unspecified atom stereocenters. The Hall–Kier alpha value is -2.25. The summed E-state index contributed by atoms with van der Waals surface area (Å²) in [6, 6.07) is 11.4. The SMILES string of the molecule is C[C@H](NC(=O)c1cccc(S(=O)(=O)NC2CC2)c1)c1ccc(F)cc1. The van der Waals surface area contributed by atoms with Gasteiger partial charge in [-0.2, -0.15) is 0 Å². The van der Waals surface area contributed by atoms with Gasteiger partial charge in [0.25, 0.3) is 5.91 Å². The number of halogens is 1. The second kappa shape index (κ2) is 6.93. The van der Waals surface area contributed by atoms with Crippen molar-refractivity contribution < 1.29 is 17.6 Å². The summed E-state index contributed by atoms with van der Waals surface area (Å²) in [6.45, 7) is 1.78. The third-order valence-electron chi connectivity index (χ3n) is 4.02.